The van der Waals surface area contributed by atoms with Crippen molar-refractivity contribution < 1.29 is 31.7 Å². The number of hydrogen-bond acceptors (Lipinski definition) is 7. The van der Waals surface area contributed by atoms with E-state index < -0.39 is 28.2 Å². The maximum atomic E-state index is 12.1. The van der Waals surface area contributed by atoms with Crippen molar-refractivity contribution in [3.63, 3.8) is 0 Å². The van der Waals surface area contributed by atoms with Gasteiger partial charge in [0.25, 0.3) is 10.1 Å². The van der Waals surface area contributed by atoms with Crippen LogP contribution in [0.5, 0.6) is 0 Å². The van der Waals surface area contributed by atoms with Crippen molar-refractivity contribution in [1.29, 1.82) is 0 Å². The van der Waals surface area contributed by atoms with Crippen LogP contribution in [0.4, 0.5) is 4.79 Å². The summed E-state index contributed by atoms with van der Waals surface area (Å²) in [5.74, 6) is -0.615. The Labute approximate surface area is 153 Å². The third-order valence-corrected chi connectivity index (χ3v) is 3.67. The van der Waals surface area contributed by atoms with Crippen LogP contribution in [0.15, 0.2) is 30.3 Å². The van der Waals surface area contributed by atoms with Crippen LogP contribution in [-0.4, -0.2) is 45.5 Å². The largest absolute Gasteiger partial charge is 0.461 e. The first-order chi connectivity index (χ1) is 12.2. The van der Waals surface area contributed by atoms with Gasteiger partial charge >= 0.3 is 12.1 Å². The summed E-state index contributed by atoms with van der Waals surface area (Å²) < 4.78 is 36.7. The lowest BCUT2D eigenvalue weighted by Crippen LogP contribution is -2.43. The summed E-state index contributed by atoms with van der Waals surface area (Å²) in [6.45, 7) is 3.35. The number of carbonyl (C=O) groups is 2. The summed E-state index contributed by atoms with van der Waals surface area (Å²) in [4.78, 5) is 24.0. The second kappa shape index (κ2) is 10.8. The predicted octanol–water partition coefficient (Wildman–Crippen LogP) is 1.99. The topological polar surface area (TPSA) is 108 Å². The molecule has 0 saturated heterocycles. The SMILES string of the molecule is CC(C)OC(=O)C(CCCOS(C)(=O)=O)NC(=O)OCc1ccccc1. The molecule has 0 aliphatic carbocycles. The molecule has 0 fully saturated rings. The van der Waals surface area contributed by atoms with Crippen LogP contribution in [-0.2, 0) is 35.2 Å². The molecule has 9 heteroatoms. The van der Waals surface area contributed by atoms with Crippen molar-refractivity contribution in [2.75, 3.05) is 12.9 Å². The molecule has 1 aromatic carbocycles. The van der Waals surface area contributed by atoms with Crippen molar-refractivity contribution in [2.24, 2.45) is 0 Å². The fourth-order valence-corrected chi connectivity index (χ4v) is 2.39. The van der Waals surface area contributed by atoms with Gasteiger partial charge in [-0.25, -0.2) is 9.59 Å². The Kier molecular flexibility index (Phi) is 9.08. The molecule has 0 saturated carbocycles. The Morgan fingerprint density at radius 1 is 1.15 bits per heavy atom. The van der Waals surface area contributed by atoms with E-state index in [1.807, 2.05) is 18.2 Å². The molecule has 1 rings (SSSR count). The number of alkyl carbamates (subject to hydrolysis) is 1. The molecule has 8 nitrogen and oxygen atoms in total. The number of hydrogen-bond donors (Lipinski definition) is 1. The first-order valence-electron chi connectivity index (χ1n) is 8.19. The lowest BCUT2D eigenvalue weighted by atomic mass is 10.1. The van der Waals surface area contributed by atoms with E-state index in [4.69, 9.17) is 9.47 Å². The molecule has 146 valence electrons. The smallest absolute Gasteiger partial charge is 0.408 e. The second-order valence-corrected chi connectivity index (χ2v) is 7.56. The molecule has 1 aromatic rings. The zero-order chi connectivity index (χ0) is 19.6. The molecule has 0 heterocycles. The van der Waals surface area contributed by atoms with Crippen LogP contribution in [0.1, 0.15) is 32.3 Å². The van der Waals surface area contributed by atoms with Gasteiger partial charge in [0, 0.05) is 0 Å². The lowest BCUT2D eigenvalue weighted by molar-refractivity contribution is -0.150. The molecule has 26 heavy (non-hydrogen) atoms. The van der Waals surface area contributed by atoms with E-state index in [1.54, 1.807) is 26.0 Å². The fourth-order valence-electron chi connectivity index (χ4n) is 1.97. The highest BCUT2D eigenvalue weighted by Crippen LogP contribution is 2.06. The molecule has 0 aliphatic rings. The summed E-state index contributed by atoms with van der Waals surface area (Å²) in [7, 11) is -3.55. The minimum atomic E-state index is -3.55. The van der Waals surface area contributed by atoms with E-state index in [0.717, 1.165) is 11.8 Å². The van der Waals surface area contributed by atoms with E-state index in [2.05, 4.69) is 9.50 Å². The third-order valence-electron chi connectivity index (χ3n) is 3.08. The Bertz CT molecular complexity index is 674. The average Bonchev–Trinajstić information content (AvgIpc) is 2.55. The molecule has 0 spiro atoms. The van der Waals surface area contributed by atoms with E-state index in [0.29, 0.717) is 0 Å². The zero-order valence-corrected chi connectivity index (χ0v) is 16.0. The summed E-state index contributed by atoms with van der Waals surface area (Å²) in [6.07, 6.45) is 0.227. The molecule has 1 atom stereocenters. The van der Waals surface area contributed by atoms with Gasteiger partial charge in [0.05, 0.1) is 19.0 Å². The van der Waals surface area contributed by atoms with E-state index >= 15 is 0 Å². The molecule has 0 aliphatic heterocycles. The quantitative estimate of drug-likeness (QED) is 0.371. The van der Waals surface area contributed by atoms with Gasteiger partial charge in [0.2, 0.25) is 0 Å². The van der Waals surface area contributed by atoms with Gasteiger partial charge in [0.15, 0.2) is 0 Å². The third kappa shape index (κ3) is 10.00. The van der Waals surface area contributed by atoms with Gasteiger partial charge in [-0.15, -0.1) is 0 Å². The van der Waals surface area contributed by atoms with E-state index in [-0.39, 0.29) is 32.2 Å². The first kappa shape index (κ1) is 21.9. The summed E-state index contributed by atoms with van der Waals surface area (Å²) in [5.41, 5.74) is 0.811. The van der Waals surface area contributed by atoms with Gasteiger partial charge in [-0.1, -0.05) is 30.3 Å². The van der Waals surface area contributed by atoms with E-state index in [1.165, 1.54) is 0 Å². The number of ether oxygens (including phenoxy) is 2. The van der Waals surface area contributed by atoms with Crippen LogP contribution < -0.4 is 5.32 Å². The van der Waals surface area contributed by atoms with Gasteiger partial charge in [0.1, 0.15) is 12.6 Å². The minimum Gasteiger partial charge on any atom is -0.461 e. The monoisotopic (exact) mass is 387 g/mol. The van der Waals surface area contributed by atoms with Crippen LogP contribution in [0.3, 0.4) is 0 Å². The molecular weight excluding hydrogens is 362 g/mol. The van der Waals surface area contributed by atoms with Crippen molar-refractivity contribution >= 4 is 22.2 Å². The highest BCUT2D eigenvalue weighted by molar-refractivity contribution is 7.85. The average molecular weight is 387 g/mol. The number of rotatable bonds is 10. The summed E-state index contributed by atoms with van der Waals surface area (Å²) in [6, 6.07) is 8.15. The molecule has 1 N–H and O–H groups in total. The van der Waals surface area contributed by atoms with Gasteiger partial charge in [-0.05, 0) is 32.3 Å². The van der Waals surface area contributed by atoms with Crippen LogP contribution in [0.25, 0.3) is 0 Å². The maximum absolute atomic E-state index is 12.1. The standard InChI is InChI=1S/C17H25NO7S/c1-13(2)25-16(19)15(10-7-11-24-26(3,21)22)18-17(20)23-12-14-8-5-4-6-9-14/h4-6,8-9,13,15H,7,10-12H2,1-3H3,(H,18,20). The van der Waals surface area contributed by atoms with Crippen LogP contribution in [0, 0.1) is 0 Å². The van der Waals surface area contributed by atoms with Gasteiger partial charge < -0.3 is 14.8 Å². The number of esters is 1. The Morgan fingerprint density at radius 2 is 1.81 bits per heavy atom. The van der Waals surface area contributed by atoms with Crippen molar-refractivity contribution in [2.45, 2.75) is 45.4 Å². The van der Waals surface area contributed by atoms with Crippen molar-refractivity contribution in [3.8, 4) is 0 Å². The number of benzene rings is 1. The Morgan fingerprint density at radius 3 is 2.38 bits per heavy atom. The van der Waals surface area contributed by atoms with Crippen LogP contribution >= 0.6 is 0 Å². The number of nitrogens with one attached hydrogen (secondary N) is 1. The number of amides is 1. The van der Waals surface area contributed by atoms with E-state index in [9.17, 15) is 18.0 Å². The van der Waals surface area contributed by atoms with Gasteiger partial charge in [-0.3, -0.25) is 4.18 Å². The molecule has 0 bridgehead atoms. The van der Waals surface area contributed by atoms with Crippen molar-refractivity contribution in [3.05, 3.63) is 35.9 Å². The Balaban J connectivity index is 2.53. The highest BCUT2D eigenvalue weighted by Gasteiger charge is 2.23. The lowest BCUT2D eigenvalue weighted by Gasteiger charge is -2.19. The molecule has 1 amide bonds. The molecule has 0 radical (unpaired) electrons. The fraction of sp³-hybridized carbons (Fsp3) is 0.529. The zero-order valence-electron chi connectivity index (χ0n) is 15.1. The minimum absolute atomic E-state index is 0.0653. The highest BCUT2D eigenvalue weighted by atomic mass is 32.2. The molecule has 0 aromatic heterocycles. The molecule has 1 unspecified atom stereocenters. The summed E-state index contributed by atoms with van der Waals surface area (Å²) >= 11 is 0. The maximum Gasteiger partial charge on any atom is 0.408 e. The molecular formula is C17H25NO7S. The van der Waals surface area contributed by atoms with Crippen molar-refractivity contribution in [1.82, 2.24) is 5.32 Å². The van der Waals surface area contributed by atoms with Crippen LogP contribution in [0.2, 0.25) is 0 Å². The second-order valence-electron chi connectivity index (χ2n) is 5.91. The normalized spacial score (nSPS) is 12.5. The summed E-state index contributed by atoms with van der Waals surface area (Å²) in [5, 5.41) is 2.45. The first-order valence-corrected chi connectivity index (χ1v) is 10.0. The predicted molar refractivity (Wildman–Crippen MR) is 94.8 cm³/mol. The number of carbonyl (C=O) groups excluding carboxylic acids is 2. The Hall–Kier alpha value is -2.13. The van der Waals surface area contributed by atoms with Gasteiger partial charge in [-0.2, -0.15) is 8.42 Å².